The first-order valence-corrected chi connectivity index (χ1v) is 10.5. The van der Waals surface area contributed by atoms with Crippen molar-refractivity contribution in [2.45, 2.75) is 45.7 Å². The van der Waals surface area contributed by atoms with Crippen molar-refractivity contribution in [3.05, 3.63) is 66.2 Å². The highest BCUT2D eigenvalue weighted by molar-refractivity contribution is 6.01. The number of carbonyl (C=O) groups excluding carboxylic acids is 1. The third kappa shape index (κ3) is 4.79. The van der Waals surface area contributed by atoms with Gasteiger partial charge in [-0.25, -0.2) is 14.5 Å². The van der Waals surface area contributed by atoms with Gasteiger partial charge in [-0.15, -0.1) is 0 Å². The molecule has 2 aromatic carbocycles. The van der Waals surface area contributed by atoms with Gasteiger partial charge in [0.25, 0.3) is 0 Å². The average Bonchev–Trinajstić information content (AvgIpc) is 3.02. The first kappa shape index (κ1) is 19.9. The molecule has 0 saturated heterocycles. The lowest BCUT2D eigenvalue weighted by Crippen LogP contribution is -2.35. The van der Waals surface area contributed by atoms with Crippen LogP contribution in [0, 0.1) is 0 Å². The van der Waals surface area contributed by atoms with E-state index < -0.39 is 0 Å². The molecule has 0 bridgehead atoms. The number of amides is 2. The van der Waals surface area contributed by atoms with Crippen molar-refractivity contribution in [2.75, 3.05) is 16.8 Å². The van der Waals surface area contributed by atoms with E-state index in [1.807, 2.05) is 66.2 Å². The summed E-state index contributed by atoms with van der Waals surface area (Å²) in [4.78, 5) is 19.5. The summed E-state index contributed by atoms with van der Waals surface area (Å²) in [6.07, 6.45) is 4.40. The molecule has 0 radical (unpaired) electrons. The molecule has 7 heteroatoms. The van der Waals surface area contributed by atoms with Crippen LogP contribution in [0.5, 0.6) is 5.75 Å². The normalized spacial score (nSPS) is 13.2. The van der Waals surface area contributed by atoms with Crippen LogP contribution in [0.15, 0.2) is 54.6 Å². The monoisotopic (exact) mass is 405 g/mol. The van der Waals surface area contributed by atoms with E-state index in [2.05, 4.69) is 10.4 Å². The molecule has 2 amide bonds. The molecule has 3 aromatic rings. The summed E-state index contributed by atoms with van der Waals surface area (Å²) in [5.41, 5.74) is 1.50. The molecule has 0 aliphatic carbocycles. The lowest BCUT2D eigenvalue weighted by Gasteiger charge is -2.22. The molecule has 0 atom stereocenters. The Morgan fingerprint density at radius 2 is 1.90 bits per heavy atom. The van der Waals surface area contributed by atoms with Gasteiger partial charge in [-0.1, -0.05) is 24.6 Å². The van der Waals surface area contributed by atoms with Gasteiger partial charge in [-0.2, -0.15) is 5.10 Å². The molecule has 1 N–H and O–H groups in total. The van der Waals surface area contributed by atoms with Crippen LogP contribution in [0.3, 0.4) is 0 Å². The topological polar surface area (TPSA) is 72.3 Å². The highest BCUT2D eigenvalue weighted by Crippen LogP contribution is 2.23. The molecule has 0 unspecified atom stereocenters. The van der Waals surface area contributed by atoms with Gasteiger partial charge in [0.2, 0.25) is 0 Å². The number of anilines is 2. The average molecular weight is 406 g/mol. The van der Waals surface area contributed by atoms with Crippen LogP contribution >= 0.6 is 0 Å². The van der Waals surface area contributed by atoms with Crippen LogP contribution in [0.4, 0.5) is 16.2 Å². The molecule has 0 fully saturated rings. The quantitative estimate of drug-likeness (QED) is 0.648. The molecule has 0 saturated carbocycles. The fraction of sp³-hybridized carbons (Fsp3) is 0.348. The van der Waals surface area contributed by atoms with Crippen LogP contribution < -0.4 is 15.0 Å². The Labute approximate surface area is 176 Å². The van der Waals surface area contributed by atoms with E-state index in [0.29, 0.717) is 19.0 Å². The van der Waals surface area contributed by atoms with Crippen molar-refractivity contribution in [2.24, 2.45) is 0 Å². The molecule has 30 heavy (non-hydrogen) atoms. The minimum atomic E-state index is -0.227. The summed E-state index contributed by atoms with van der Waals surface area (Å²) >= 11 is 0. The number of aromatic nitrogens is 3. The predicted octanol–water partition coefficient (Wildman–Crippen LogP) is 4.64. The molecular weight excluding hydrogens is 378 g/mol. The molecule has 1 aliphatic heterocycles. The third-order valence-electron chi connectivity index (χ3n) is 5.09. The highest BCUT2D eigenvalue weighted by Gasteiger charge is 2.21. The van der Waals surface area contributed by atoms with E-state index in [0.717, 1.165) is 48.8 Å². The van der Waals surface area contributed by atoms with Gasteiger partial charge in [-0.3, -0.25) is 4.90 Å². The summed E-state index contributed by atoms with van der Waals surface area (Å²) in [6.45, 7) is 3.73. The van der Waals surface area contributed by atoms with Crippen LogP contribution in [-0.2, 0) is 19.5 Å². The highest BCUT2D eigenvalue weighted by atomic mass is 16.5. The molecule has 1 aliphatic rings. The summed E-state index contributed by atoms with van der Waals surface area (Å²) in [5, 5.41) is 7.64. The number of fused-ring (bicyclic) bond motifs is 1. The van der Waals surface area contributed by atoms with Crippen LogP contribution in [-0.4, -0.2) is 27.4 Å². The fourth-order valence-electron chi connectivity index (χ4n) is 3.60. The summed E-state index contributed by atoms with van der Waals surface area (Å²) < 4.78 is 7.53. The molecule has 7 nitrogen and oxygen atoms in total. The zero-order valence-corrected chi connectivity index (χ0v) is 17.3. The van der Waals surface area contributed by atoms with Gasteiger partial charge in [0.15, 0.2) is 5.82 Å². The van der Waals surface area contributed by atoms with Gasteiger partial charge >= 0.3 is 6.03 Å². The minimum absolute atomic E-state index is 0.227. The second-order valence-corrected chi connectivity index (χ2v) is 7.29. The van der Waals surface area contributed by atoms with Crippen LogP contribution in [0.2, 0.25) is 0 Å². The smallest absolute Gasteiger partial charge is 0.326 e. The number of benzene rings is 2. The van der Waals surface area contributed by atoms with E-state index in [1.54, 1.807) is 4.90 Å². The Bertz CT molecular complexity index is 946. The van der Waals surface area contributed by atoms with E-state index in [-0.39, 0.29) is 6.03 Å². The summed E-state index contributed by atoms with van der Waals surface area (Å²) in [7, 11) is 0. The summed E-state index contributed by atoms with van der Waals surface area (Å²) in [5.74, 6) is 2.44. The molecule has 0 spiro atoms. The number of nitrogens with zero attached hydrogens (tertiary/aromatic N) is 4. The molecular formula is C23H27N5O2. The maximum Gasteiger partial charge on any atom is 0.326 e. The number of rotatable bonds is 6. The molecule has 4 rings (SSSR count). The SMILES string of the molecule is CCOc1ccc(N(Cc2nc3n(n2)CCCCC3)C(=O)Nc2ccccc2)cc1. The van der Waals surface area contributed by atoms with Crippen molar-refractivity contribution in [1.82, 2.24) is 14.8 Å². The second kappa shape index (κ2) is 9.43. The Balaban J connectivity index is 1.58. The number of nitrogens with one attached hydrogen (secondary N) is 1. The van der Waals surface area contributed by atoms with Crippen LogP contribution in [0.25, 0.3) is 0 Å². The van der Waals surface area contributed by atoms with Crippen molar-refractivity contribution < 1.29 is 9.53 Å². The van der Waals surface area contributed by atoms with E-state index in [4.69, 9.17) is 9.72 Å². The molecule has 156 valence electrons. The number of carbonyl (C=O) groups is 1. The number of aryl methyl sites for hydroxylation is 2. The number of ether oxygens (including phenoxy) is 1. The Kier molecular flexibility index (Phi) is 6.27. The third-order valence-corrected chi connectivity index (χ3v) is 5.09. The number of hydrogen-bond acceptors (Lipinski definition) is 4. The van der Waals surface area contributed by atoms with Crippen LogP contribution in [0.1, 0.15) is 37.8 Å². The van der Waals surface area contributed by atoms with Crippen molar-refractivity contribution in [1.29, 1.82) is 0 Å². The zero-order chi connectivity index (χ0) is 20.8. The second-order valence-electron chi connectivity index (χ2n) is 7.29. The maximum absolute atomic E-state index is 13.1. The minimum Gasteiger partial charge on any atom is -0.494 e. The molecule has 2 heterocycles. The predicted molar refractivity (Wildman–Crippen MR) is 117 cm³/mol. The van der Waals surface area contributed by atoms with E-state index >= 15 is 0 Å². The van der Waals surface area contributed by atoms with E-state index in [1.165, 1.54) is 6.42 Å². The first-order valence-electron chi connectivity index (χ1n) is 10.5. The largest absolute Gasteiger partial charge is 0.494 e. The Hall–Kier alpha value is -3.35. The number of hydrogen-bond donors (Lipinski definition) is 1. The Morgan fingerprint density at radius 3 is 2.67 bits per heavy atom. The first-order chi connectivity index (χ1) is 14.7. The standard InChI is InChI=1S/C23H27N5O2/c1-2-30-20-14-12-19(13-15-20)27(23(29)24-18-9-5-3-6-10-18)17-21-25-22-11-7-4-8-16-28(22)26-21/h3,5-6,9-10,12-15H,2,4,7-8,11,16-17H2,1H3,(H,24,29). The van der Waals surface area contributed by atoms with E-state index in [9.17, 15) is 4.79 Å². The lowest BCUT2D eigenvalue weighted by atomic mass is 10.2. The van der Waals surface area contributed by atoms with Crippen molar-refractivity contribution in [3.63, 3.8) is 0 Å². The van der Waals surface area contributed by atoms with Gasteiger partial charge in [0.1, 0.15) is 11.6 Å². The number of para-hydroxylation sites is 1. The molecule has 1 aromatic heterocycles. The van der Waals surface area contributed by atoms with Crippen molar-refractivity contribution in [3.8, 4) is 5.75 Å². The number of urea groups is 1. The fourth-order valence-corrected chi connectivity index (χ4v) is 3.60. The van der Waals surface area contributed by atoms with Crippen molar-refractivity contribution >= 4 is 17.4 Å². The van der Waals surface area contributed by atoms with Gasteiger partial charge in [0.05, 0.1) is 13.2 Å². The Morgan fingerprint density at radius 1 is 1.10 bits per heavy atom. The van der Waals surface area contributed by atoms with Gasteiger partial charge < -0.3 is 10.1 Å². The summed E-state index contributed by atoms with van der Waals surface area (Å²) in [6, 6.07) is 16.7. The van der Waals surface area contributed by atoms with Gasteiger partial charge in [0, 0.05) is 24.3 Å². The van der Waals surface area contributed by atoms with Gasteiger partial charge in [-0.05, 0) is 56.2 Å². The zero-order valence-electron chi connectivity index (χ0n) is 17.3. The maximum atomic E-state index is 13.1. The lowest BCUT2D eigenvalue weighted by molar-refractivity contribution is 0.256.